The molecule has 5 rings (SSSR count). The van der Waals surface area contributed by atoms with Crippen LogP contribution in [0.1, 0.15) is 50.8 Å². The van der Waals surface area contributed by atoms with Gasteiger partial charge in [0.15, 0.2) is 0 Å². The van der Waals surface area contributed by atoms with Gasteiger partial charge < -0.3 is 25.4 Å². The van der Waals surface area contributed by atoms with Crippen molar-refractivity contribution in [2.45, 2.75) is 70.2 Å². The molecule has 0 unspecified atom stereocenters. The van der Waals surface area contributed by atoms with Gasteiger partial charge in [-0.15, -0.1) is 0 Å². The summed E-state index contributed by atoms with van der Waals surface area (Å²) in [6.07, 6.45) is 3.93. The summed E-state index contributed by atoms with van der Waals surface area (Å²) < 4.78 is 29.2. The summed E-state index contributed by atoms with van der Waals surface area (Å²) >= 11 is 0. The molecule has 1 aliphatic heterocycles. The molecule has 0 spiro atoms. The van der Waals surface area contributed by atoms with Gasteiger partial charge in [-0.25, -0.2) is 23.2 Å². The van der Waals surface area contributed by atoms with Gasteiger partial charge in [-0.3, -0.25) is 4.79 Å². The molecule has 3 N–H and O–H groups in total. The van der Waals surface area contributed by atoms with E-state index in [0.717, 1.165) is 22.4 Å². The van der Waals surface area contributed by atoms with Crippen LogP contribution in [0.3, 0.4) is 0 Å². The lowest BCUT2D eigenvalue weighted by Crippen LogP contribution is -2.57. The third-order valence-corrected chi connectivity index (χ3v) is 11.7. The Labute approximate surface area is 323 Å². The van der Waals surface area contributed by atoms with Gasteiger partial charge in [0.1, 0.15) is 12.4 Å². The minimum absolute atomic E-state index is 0.0220. The molecular formula is C41H51N7O6S. The first-order chi connectivity index (χ1) is 26.4. The molecule has 1 aliphatic rings. The Balaban J connectivity index is 1.36. The molecule has 1 saturated heterocycles. The minimum atomic E-state index is -4.07. The van der Waals surface area contributed by atoms with Crippen LogP contribution in [0.4, 0.5) is 4.79 Å². The number of nitrogens with one attached hydrogen (secondary N) is 1. The van der Waals surface area contributed by atoms with Gasteiger partial charge >= 0.3 is 6.03 Å². The number of hydrogen-bond donors (Lipinski definition) is 3. The van der Waals surface area contributed by atoms with E-state index >= 15 is 0 Å². The van der Waals surface area contributed by atoms with E-state index in [9.17, 15) is 23.1 Å². The van der Waals surface area contributed by atoms with E-state index in [1.165, 1.54) is 41.1 Å². The molecular weight excluding hydrogens is 719 g/mol. The number of oxime groups is 1. The molecule has 4 atom stereocenters. The molecule has 292 valence electrons. The highest BCUT2D eigenvalue weighted by atomic mass is 32.2. The molecule has 0 aliphatic carbocycles. The van der Waals surface area contributed by atoms with Crippen LogP contribution in [-0.4, -0.2) is 105 Å². The molecule has 0 radical (unpaired) electrons. The summed E-state index contributed by atoms with van der Waals surface area (Å²) in [7, 11) is -4.07. The predicted octanol–water partition coefficient (Wildman–Crippen LogP) is 5.04. The van der Waals surface area contributed by atoms with Crippen molar-refractivity contribution < 1.29 is 28.3 Å². The molecule has 1 fully saturated rings. The topological polar surface area (TPSA) is 169 Å². The summed E-state index contributed by atoms with van der Waals surface area (Å²) in [5, 5.41) is 26.8. The van der Waals surface area contributed by atoms with Crippen LogP contribution in [0.25, 0.3) is 11.3 Å². The number of carbonyl (C=O) groups is 2. The fraction of sp³-hybridized carbons (Fsp3) is 0.390. The maximum absolute atomic E-state index is 14.4. The maximum Gasteiger partial charge on any atom is 0.321 e. The highest BCUT2D eigenvalue weighted by Gasteiger charge is 2.41. The molecule has 0 bridgehead atoms. The minimum Gasteiger partial charge on any atom is -0.411 e. The number of hydrogen-bond acceptors (Lipinski definition) is 9. The van der Waals surface area contributed by atoms with Crippen molar-refractivity contribution in [2.75, 3.05) is 26.2 Å². The van der Waals surface area contributed by atoms with Gasteiger partial charge in [-0.1, -0.05) is 99.9 Å². The SMILES string of the molecule is CC[C@H](C)[C@@H](C(=O)N[C@@H](Cc1ccccc1)[C@H](O)CN(CC(C)C)S(=O)(=O)c1ccc(C=NO)cc1)N1CCN(Cc2cccc(-c3ccncn3)c2)C1=O. The number of aromatic nitrogens is 2. The van der Waals surface area contributed by atoms with E-state index in [1.54, 1.807) is 16.0 Å². The second-order valence-electron chi connectivity index (χ2n) is 14.4. The average Bonchev–Trinajstić information content (AvgIpc) is 3.53. The van der Waals surface area contributed by atoms with Crippen LogP contribution in [0.2, 0.25) is 0 Å². The number of aliphatic hydroxyl groups excluding tert-OH is 1. The first kappa shape index (κ1) is 41.0. The van der Waals surface area contributed by atoms with Gasteiger partial charge in [0.2, 0.25) is 15.9 Å². The molecule has 14 heteroatoms. The highest BCUT2D eigenvalue weighted by Crippen LogP contribution is 2.25. The Bertz CT molecular complexity index is 2000. The number of carbonyl (C=O) groups excluding carboxylic acids is 2. The summed E-state index contributed by atoms with van der Waals surface area (Å²) in [4.78, 5) is 40.1. The molecule has 3 aromatic carbocycles. The lowest BCUT2D eigenvalue weighted by Gasteiger charge is -2.35. The zero-order valence-electron chi connectivity index (χ0n) is 31.8. The summed E-state index contributed by atoms with van der Waals surface area (Å²) in [5.74, 6) is -0.690. The van der Waals surface area contributed by atoms with Crippen molar-refractivity contribution in [2.24, 2.45) is 17.0 Å². The standard InChI is InChI=1S/C41H51N7O6S/c1-5-30(4)39(48-21-20-46(41(48)51)26-33-12-9-13-34(22-33)36-18-19-42-28-43-36)40(50)45-37(23-31-10-7-6-8-11-31)38(49)27-47(25-29(2)3)55(53,54)35-16-14-32(15-17-35)24-44-52/h6-19,22,24,28-30,37-39,49,52H,5,20-21,23,25-27H2,1-4H3,(H,45,50)/t30-,37-,38+,39-/m0/s1. The quantitative estimate of drug-likeness (QED) is 0.0719. The second kappa shape index (κ2) is 18.9. The fourth-order valence-corrected chi connectivity index (χ4v) is 8.44. The van der Waals surface area contributed by atoms with Crippen molar-refractivity contribution in [1.82, 2.24) is 29.4 Å². The number of nitrogens with zero attached hydrogens (tertiary/aromatic N) is 6. The first-order valence-electron chi connectivity index (χ1n) is 18.6. The number of aliphatic hydroxyl groups is 1. The van der Waals surface area contributed by atoms with E-state index in [-0.39, 0.29) is 42.3 Å². The van der Waals surface area contributed by atoms with E-state index < -0.39 is 34.1 Å². The lowest BCUT2D eigenvalue weighted by molar-refractivity contribution is -0.128. The molecule has 3 amide bonds. The normalized spacial score (nSPS) is 15.8. The van der Waals surface area contributed by atoms with Gasteiger partial charge in [-0.05, 0) is 59.2 Å². The summed E-state index contributed by atoms with van der Waals surface area (Å²) in [5.41, 5.74) is 3.98. The summed E-state index contributed by atoms with van der Waals surface area (Å²) in [6, 6.07) is 23.0. The van der Waals surface area contributed by atoms with Gasteiger partial charge in [0.05, 0.1) is 28.9 Å². The Hall–Kier alpha value is -5.18. The third-order valence-electron chi connectivity index (χ3n) is 9.87. The van der Waals surface area contributed by atoms with Crippen molar-refractivity contribution in [1.29, 1.82) is 0 Å². The molecule has 4 aromatic rings. The van der Waals surface area contributed by atoms with Crippen LogP contribution in [-0.2, 0) is 27.8 Å². The van der Waals surface area contributed by atoms with Crippen molar-refractivity contribution in [3.05, 3.63) is 114 Å². The van der Waals surface area contributed by atoms with E-state index in [1.807, 2.05) is 88.4 Å². The van der Waals surface area contributed by atoms with Gasteiger partial charge in [-0.2, -0.15) is 4.31 Å². The number of sulfonamides is 1. The first-order valence-corrected chi connectivity index (χ1v) is 20.1. The van der Waals surface area contributed by atoms with E-state index in [0.29, 0.717) is 31.6 Å². The monoisotopic (exact) mass is 769 g/mol. The predicted molar refractivity (Wildman–Crippen MR) is 211 cm³/mol. The Kier molecular flexibility index (Phi) is 14.1. The molecule has 55 heavy (non-hydrogen) atoms. The number of urea groups is 1. The van der Waals surface area contributed by atoms with Crippen molar-refractivity contribution in [3.63, 3.8) is 0 Å². The third kappa shape index (κ3) is 10.5. The maximum atomic E-state index is 14.4. The van der Waals surface area contributed by atoms with Crippen LogP contribution >= 0.6 is 0 Å². The van der Waals surface area contributed by atoms with Crippen LogP contribution in [0.15, 0.2) is 108 Å². The highest BCUT2D eigenvalue weighted by molar-refractivity contribution is 7.89. The number of amides is 3. The Morgan fingerprint density at radius 1 is 0.982 bits per heavy atom. The van der Waals surface area contributed by atoms with Crippen molar-refractivity contribution >= 4 is 28.2 Å². The van der Waals surface area contributed by atoms with E-state index in [4.69, 9.17) is 5.21 Å². The fourth-order valence-electron chi connectivity index (χ4n) is 6.82. The van der Waals surface area contributed by atoms with Gasteiger partial charge in [0, 0.05) is 44.5 Å². The Morgan fingerprint density at radius 3 is 2.36 bits per heavy atom. The Morgan fingerprint density at radius 2 is 1.71 bits per heavy atom. The zero-order valence-corrected chi connectivity index (χ0v) is 32.6. The number of rotatable bonds is 18. The van der Waals surface area contributed by atoms with Crippen LogP contribution in [0.5, 0.6) is 0 Å². The average molecular weight is 770 g/mol. The molecule has 1 aromatic heterocycles. The molecule has 0 saturated carbocycles. The van der Waals surface area contributed by atoms with Crippen LogP contribution in [0, 0.1) is 11.8 Å². The van der Waals surface area contributed by atoms with Gasteiger partial charge in [0.25, 0.3) is 0 Å². The van der Waals surface area contributed by atoms with Crippen LogP contribution < -0.4 is 5.32 Å². The van der Waals surface area contributed by atoms with E-state index in [2.05, 4.69) is 20.4 Å². The number of benzene rings is 3. The summed E-state index contributed by atoms with van der Waals surface area (Å²) in [6.45, 7) is 8.67. The smallest absolute Gasteiger partial charge is 0.321 e. The zero-order chi connectivity index (χ0) is 39.5. The molecule has 13 nitrogen and oxygen atoms in total. The second-order valence-corrected chi connectivity index (χ2v) is 16.4. The lowest BCUT2D eigenvalue weighted by atomic mass is 9.95. The van der Waals surface area contributed by atoms with Crippen molar-refractivity contribution in [3.8, 4) is 11.3 Å². The molecule has 2 heterocycles. The largest absolute Gasteiger partial charge is 0.411 e.